The van der Waals surface area contributed by atoms with Gasteiger partial charge in [-0.25, -0.2) is 13.2 Å². The lowest BCUT2D eigenvalue weighted by Gasteiger charge is -2.10. The van der Waals surface area contributed by atoms with Crippen molar-refractivity contribution in [2.24, 2.45) is 0 Å². The number of aliphatic carboxylic acids is 1. The van der Waals surface area contributed by atoms with Crippen LogP contribution in [0.4, 0.5) is 0 Å². The Bertz CT molecular complexity index is 952. The molecule has 0 fully saturated rings. The van der Waals surface area contributed by atoms with Crippen LogP contribution < -0.4 is 0 Å². The van der Waals surface area contributed by atoms with Crippen molar-refractivity contribution in [1.82, 2.24) is 0 Å². The fourth-order valence-electron chi connectivity index (χ4n) is 2.97. The van der Waals surface area contributed by atoms with Gasteiger partial charge in [0.1, 0.15) is 0 Å². The molecule has 0 aromatic heterocycles. The number of benzene rings is 2. The van der Waals surface area contributed by atoms with Crippen LogP contribution in [-0.2, 0) is 14.6 Å². The van der Waals surface area contributed by atoms with Crippen LogP contribution in [0.3, 0.4) is 0 Å². The molecule has 0 radical (unpaired) electrons. The molecule has 0 unspecified atom stereocenters. The summed E-state index contributed by atoms with van der Waals surface area (Å²) in [7, 11) is -3.48. The summed E-state index contributed by atoms with van der Waals surface area (Å²) in [6.45, 7) is 4.25. The van der Waals surface area contributed by atoms with Crippen LogP contribution >= 0.6 is 0 Å². The van der Waals surface area contributed by atoms with Gasteiger partial charge in [0, 0.05) is 5.57 Å². The van der Waals surface area contributed by atoms with Crippen molar-refractivity contribution >= 4 is 21.9 Å². The maximum absolute atomic E-state index is 12.4. The molecule has 0 atom stereocenters. The van der Waals surface area contributed by atoms with Crippen molar-refractivity contribution in [2.75, 3.05) is 5.75 Å². The first-order chi connectivity index (χ1) is 11.8. The fourth-order valence-corrected chi connectivity index (χ4v) is 4.43. The summed E-state index contributed by atoms with van der Waals surface area (Å²) in [4.78, 5) is 11.5. The summed E-state index contributed by atoms with van der Waals surface area (Å²) in [5.74, 6) is -0.817. The van der Waals surface area contributed by atoms with Gasteiger partial charge >= 0.3 is 5.97 Å². The molecule has 5 heteroatoms. The molecule has 2 aromatic rings. The molecule has 0 saturated carbocycles. The van der Waals surface area contributed by atoms with Crippen LogP contribution in [0, 0.1) is 0 Å². The lowest BCUT2D eigenvalue weighted by molar-refractivity contribution is -0.132. The average Bonchev–Trinajstić information content (AvgIpc) is 2.71. The van der Waals surface area contributed by atoms with Crippen LogP contribution in [0.2, 0.25) is 0 Å². The Morgan fingerprint density at radius 1 is 1.04 bits per heavy atom. The molecule has 3 rings (SSSR count). The van der Waals surface area contributed by atoms with Gasteiger partial charge in [-0.05, 0) is 52.8 Å². The van der Waals surface area contributed by atoms with E-state index in [0.29, 0.717) is 11.5 Å². The van der Waals surface area contributed by atoms with E-state index in [1.54, 1.807) is 18.2 Å². The molecular formula is C20H20O4S. The van der Waals surface area contributed by atoms with Crippen LogP contribution in [0.25, 0.3) is 17.2 Å². The smallest absolute Gasteiger partial charge is 0.331 e. The highest BCUT2D eigenvalue weighted by Gasteiger charge is 2.24. The summed E-state index contributed by atoms with van der Waals surface area (Å²) in [6.07, 6.45) is 1.50. The summed E-state index contributed by atoms with van der Waals surface area (Å²) < 4.78 is 24.8. The molecule has 2 aromatic carbocycles. The third kappa shape index (κ3) is 3.51. The third-order valence-electron chi connectivity index (χ3n) is 4.50. The lowest BCUT2D eigenvalue weighted by atomic mass is 9.97. The lowest BCUT2D eigenvalue weighted by Crippen LogP contribution is -2.08. The minimum Gasteiger partial charge on any atom is -0.478 e. The van der Waals surface area contributed by atoms with Crippen molar-refractivity contribution in [2.45, 2.75) is 31.1 Å². The average molecular weight is 356 g/mol. The predicted octanol–water partition coefficient (Wildman–Crippen LogP) is 4.12. The number of carboxylic acid groups (broad SMARTS) is 1. The van der Waals surface area contributed by atoms with Gasteiger partial charge in [0.15, 0.2) is 9.84 Å². The van der Waals surface area contributed by atoms with Gasteiger partial charge < -0.3 is 5.11 Å². The highest BCUT2D eigenvalue weighted by molar-refractivity contribution is 7.91. The number of hydrogen-bond acceptors (Lipinski definition) is 3. The topological polar surface area (TPSA) is 71.4 Å². The Hall–Kier alpha value is -2.40. The van der Waals surface area contributed by atoms with Crippen molar-refractivity contribution in [3.8, 4) is 11.1 Å². The van der Waals surface area contributed by atoms with E-state index in [1.165, 1.54) is 11.6 Å². The van der Waals surface area contributed by atoms with Crippen molar-refractivity contribution in [3.05, 3.63) is 59.2 Å². The van der Waals surface area contributed by atoms with Crippen LogP contribution in [0.5, 0.6) is 0 Å². The van der Waals surface area contributed by atoms with Crippen LogP contribution in [0.15, 0.2) is 52.9 Å². The Morgan fingerprint density at radius 2 is 1.68 bits per heavy atom. The predicted molar refractivity (Wildman–Crippen MR) is 98.2 cm³/mol. The molecule has 1 aliphatic rings. The van der Waals surface area contributed by atoms with E-state index in [0.717, 1.165) is 11.1 Å². The second-order valence-electron chi connectivity index (χ2n) is 6.57. The number of carbonyl (C=O) groups is 1. The summed E-state index contributed by atoms with van der Waals surface area (Å²) in [6, 6.07) is 13.2. The third-order valence-corrected chi connectivity index (χ3v) is 6.28. The van der Waals surface area contributed by atoms with E-state index in [2.05, 4.69) is 26.0 Å². The first kappa shape index (κ1) is 17.4. The standard InChI is InChI=1S/C20H20O4S/c1-13(2)14-3-5-15(6-4-14)16-7-8-19-18(11-16)12-17(20(21)22)9-10-25(19,23)24/h3-8,11-13H,9-10H2,1-2H3,(H,21,22). The van der Waals surface area contributed by atoms with E-state index in [-0.39, 0.29) is 22.6 Å². The molecule has 1 N–H and O–H groups in total. The molecule has 0 saturated heterocycles. The second-order valence-corrected chi connectivity index (χ2v) is 8.65. The zero-order chi connectivity index (χ0) is 18.2. The maximum atomic E-state index is 12.4. The summed E-state index contributed by atoms with van der Waals surface area (Å²) in [5.41, 5.74) is 3.63. The summed E-state index contributed by atoms with van der Waals surface area (Å²) >= 11 is 0. The Balaban J connectivity index is 2.11. The van der Waals surface area contributed by atoms with Crippen molar-refractivity contribution in [1.29, 1.82) is 0 Å². The van der Waals surface area contributed by atoms with Gasteiger partial charge in [-0.1, -0.05) is 44.2 Å². The Kier molecular flexibility index (Phi) is 4.52. The van der Waals surface area contributed by atoms with Crippen molar-refractivity contribution < 1.29 is 18.3 Å². The quantitative estimate of drug-likeness (QED) is 0.898. The maximum Gasteiger partial charge on any atom is 0.331 e. The van der Waals surface area contributed by atoms with E-state index in [4.69, 9.17) is 0 Å². The number of fused-ring (bicyclic) bond motifs is 1. The normalized spacial score (nSPS) is 16.0. The van der Waals surface area contributed by atoms with E-state index in [1.807, 2.05) is 12.1 Å². The largest absolute Gasteiger partial charge is 0.478 e. The summed E-state index contributed by atoms with van der Waals surface area (Å²) in [5, 5.41) is 9.26. The SMILES string of the molecule is CC(C)c1ccc(-c2ccc3c(c2)C=C(C(=O)O)CCS3(=O)=O)cc1. The van der Waals surface area contributed by atoms with Gasteiger partial charge in [0.25, 0.3) is 0 Å². The minimum atomic E-state index is -3.48. The van der Waals surface area contributed by atoms with Crippen LogP contribution in [0.1, 0.15) is 37.3 Å². The van der Waals surface area contributed by atoms with Gasteiger partial charge in [0.05, 0.1) is 10.6 Å². The molecule has 130 valence electrons. The highest BCUT2D eigenvalue weighted by Crippen LogP contribution is 2.31. The number of hydrogen-bond donors (Lipinski definition) is 1. The van der Waals surface area contributed by atoms with Gasteiger partial charge in [-0.3, -0.25) is 0 Å². The Labute approximate surface area is 147 Å². The zero-order valence-corrected chi connectivity index (χ0v) is 15.0. The minimum absolute atomic E-state index is 0.0186. The zero-order valence-electron chi connectivity index (χ0n) is 14.2. The number of rotatable bonds is 3. The highest BCUT2D eigenvalue weighted by atomic mass is 32.2. The van der Waals surface area contributed by atoms with E-state index >= 15 is 0 Å². The molecule has 0 bridgehead atoms. The van der Waals surface area contributed by atoms with E-state index < -0.39 is 15.8 Å². The molecule has 4 nitrogen and oxygen atoms in total. The van der Waals surface area contributed by atoms with Crippen LogP contribution in [-0.4, -0.2) is 25.2 Å². The van der Waals surface area contributed by atoms with Crippen molar-refractivity contribution in [3.63, 3.8) is 0 Å². The molecule has 1 aliphatic heterocycles. The molecule has 1 heterocycles. The Morgan fingerprint density at radius 3 is 2.28 bits per heavy atom. The van der Waals surface area contributed by atoms with Gasteiger partial charge in [-0.15, -0.1) is 0 Å². The molecule has 0 amide bonds. The number of carboxylic acids is 1. The first-order valence-electron chi connectivity index (χ1n) is 8.19. The molecule has 0 aliphatic carbocycles. The fraction of sp³-hybridized carbons (Fsp3) is 0.250. The van der Waals surface area contributed by atoms with E-state index in [9.17, 15) is 18.3 Å². The van der Waals surface area contributed by atoms with Gasteiger partial charge in [0.2, 0.25) is 0 Å². The number of sulfone groups is 1. The first-order valence-corrected chi connectivity index (χ1v) is 9.84. The molecular weight excluding hydrogens is 336 g/mol. The second kappa shape index (κ2) is 6.48. The van der Waals surface area contributed by atoms with Gasteiger partial charge in [-0.2, -0.15) is 0 Å². The monoisotopic (exact) mass is 356 g/mol. The molecule has 0 spiro atoms. The molecule has 25 heavy (non-hydrogen) atoms.